The molecule has 2 atom stereocenters. The summed E-state index contributed by atoms with van der Waals surface area (Å²) >= 11 is 0. The first-order valence-electron chi connectivity index (χ1n) is 5.17. The summed E-state index contributed by atoms with van der Waals surface area (Å²) in [6.07, 6.45) is 8.35. The largest absolute Gasteiger partial charge is 0.368 e. The molecule has 3 rings (SSSR count). The maximum absolute atomic E-state index is 4.32. The smallest absolute Gasteiger partial charge is 0.0938 e. The predicted molar refractivity (Wildman–Crippen MR) is 62.8 cm³/mol. The lowest BCUT2D eigenvalue weighted by Crippen LogP contribution is -2.30. The van der Waals surface area contributed by atoms with E-state index < -0.39 is 0 Å². The average molecular weight is 196 g/mol. The van der Waals surface area contributed by atoms with Gasteiger partial charge >= 0.3 is 0 Å². The van der Waals surface area contributed by atoms with Gasteiger partial charge in [-0.2, -0.15) is 0 Å². The topological polar surface area (TPSA) is 24.4 Å². The number of rotatable bonds is 1. The molecule has 0 aromatic heterocycles. The second kappa shape index (κ2) is 3.39. The van der Waals surface area contributed by atoms with Gasteiger partial charge in [0.2, 0.25) is 0 Å². The standard InChI is InChI=1S/C13H12N2/c1-2-4-10(5-3-1)11-6-7-12-13(8-11)15-9-14-12/h1-9,12-13H,(H,14,15). The van der Waals surface area contributed by atoms with E-state index in [4.69, 9.17) is 0 Å². The fourth-order valence-electron chi connectivity index (χ4n) is 2.00. The lowest BCUT2D eigenvalue weighted by Gasteiger charge is -2.17. The molecule has 0 fully saturated rings. The molecule has 1 N–H and O–H groups in total. The maximum Gasteiger partial charge on any atom is 0.0938 e. The van der Waals surface area contributed by atoms with Gasteiger partial charge in [0.25, 0.3) is 0 Å². The van der Waals surface area contributed by atoms with E-state index in [0.717, 1.165) is 0 Å². The van der Waals surface area contributed by atoms with E-state index in [-0.39, 0.29) is 6.04 Å². The van der Waals surface area contributed by atoms with E-state index in [1.165, 1.54) is 11.1 Å². The van der Waals surface area contributed by atoms with Crippen molar-refractivity contribution < 1.29 is 0 Å². The Bertz CT molecular complexity index is 443. The Labute approximate surface area is 89.0 Å². The summed E-state index contributed by atoms with van der Waals surface area (Å²) in [6.45, 7) is 0. The highest BCUT2D eigenvalue weighted by molar-refractivity contribution is 5.77. The van der Waals surface area contributed by atoms with E-state index in [9.17, 15) is 0 Å². The molecule has 0 bridgehead atoms. The number of hydrogen-bond acceptors (Lipinski definition) is 2. The molecular weight excluding hydrogens is 184 g/mol. The predicted octanol–water partition coefficient (Wildman–Crippen LogP) is 2.01. The SMILES string of the molecule is C1=CC2N=CNC2C=C1c1ccccc1. The van der Waals surface area contributed by atoms with Crippen molar-refractivity contribution >= 4 is 11.9 Å². The molecule has 2 nitrogen and oxygen atoms in total. The minimum absolute atomic E-state index is 0.289. The molecule has 0 radical (unpaired) electrons. The lowest BCUT2D eigenvalue weighted by molar-refractivity contribution is 0.699. The summed E-state index contributed by atoms with van der Waals surface area (Å²) in [6, 6.07) is 11.1. The van der Waals surface area contributed by atoms with E-state index in [1.807, 2.05) is 6.07 Å². The first-order valence-corrected chi connectivity index (χ1v) is 5.17. The van der Waals surface area contributed by atoms with Crippen molar-refractivity contribution in [3.05, 3.63) is 54.1 Å². The van der Waals surface area contributed by atoms with E-state index >= 15 is 0 Å². The van der Waals surface area contributed by atoms with Gasteiger partial charge in [-0.05, 0) is 11.1 Å². The summed E-state index contributed by atoms with van der Waals surface area (Å²) < 4.78 is 0. The Morgan fingerprint density at radius 3 is 2.87 bits per heavy atom. The van der Waals surface area contributed by atoms with Gasteiger partial charge in [-0.25, -0.2) is 0 Å². The third kappa shape index (κ3) is 1.48. The van der Waals surface area contributed by atoms with Gasteiger partial charge < -0.3 is 5.32 Å². The number of nitrogens with zero attached hydrogens (tertiary/aromatic N) is 1. The van der Waals surface area contributed by atoms with E-state index in [0.29, 0.717) is 6.04 Å². The van der Waals surface area contributed by atoms with Crippen LogP contribution in [0.2, 0.25) is 0 Å². The molecule has 2 heteroatoms. The summed E-state index contributed by atoms with van der Waals surface area (Å²) in [5, 5.41) is 3.24. The number of aliphatic imine (C=N–C) groups is 1. The van der Waals surface area contributed by atoms with Crippen LogP contribution in [0.15, 0.2) is 53.6 Å². The molecule has 0 amide bonds. The van der Waals surface area contributed by atoms with E-state index in [2.05, 4.69) is 52.8 Å². The van der Waals surface area contributed by atoms with Crippen LogP contribution in [-0.2, 0) is 0 Å². The van der Waals surface area contributed by atoms with Gasteiger partial charge in [0.15, 0.2) is 0 Å². The van der Waals surface area contributed by atoms with Crippen molar-refractivity contribution in [2.75, 3.05) is 0 Å². The van der Waals surface area contributed by atoms with Crippen LogP contribution in [0.3, 0.4) is 0 Å². The van der Waals surface area contributed by atoms with Crippen LogP contribution in [0.25, 0.3) is 5.57 Å². The molecule has 74 valence electrons. The van der Waals surface area contributed by atoms with Crippen molar-refractivity contribution in [2.45, 2.75) is 12.1 Å². The summed E-state index contributed by atoms with van der Waals surface area (Å²) in [4.78, 5) is 4.32. The molecule has 15 heavy (non-hydrogen) atoms. The molecule has 0 spiro atoms. The first kappa shape index (κ1) is 8.48. The van der Waals surface area contributed by atoms with Gasteiger partial charge in [0.05, 0.1) is 18.4 Å². The maximum atomic E-state index is 4.32. The third-order valence-electron chi connectivity index (χ3n) is 2.82. The quantitative estimate of drug-likeness (QED) is 0.730. The fourth-order valence-corrected chi connectivity index (χ4v) is 2.00. The van der Waals surface area contributed by atoms with Crippen molar-refractivity contribution in [3.63, 3.8) is 0 Å². The highest BCUT2D eigenvalue weighted by Gasteiger charge is 2.22. The van der Waals surface area contributed by atoms with Crippen LogP contribution < -0.4 is 5.32 Å². The van der Waals surface area contributed by atoms with Gasteiger partial charge in [-0.15, -0.1) is 0 Å². The number of hydrogen-bond donors (Lipinski definition) is 1. The lowest BCUT2D eigenvalue weighted by atomic mass is 9.95. The highest BCUT2D eigenvalue weighted by atomic mass is 15.1. The van der Waals surface area contributed by atoms with Crippen molar-refractivity contribution in [1.82, 2.24) is 5.32 Å². The molecule has 0 saturated carbocycles. The molecule has 1 aromatic rings. The zero-order chi connectivity index (χ0) is 10.1. The Hall–Kier alpha value is -1.83. The van der Waals surface area contributed by atoms with Gasteiger partial charge in [-0.1, -0.05) is 48.6 Å². The minimum Gasteiger partial charge on any atom is -0.368 e. The second-order valence-electron chi connectivity index (χ2n) is 3.81. The Morgan fingerprint density at radius 2 is 2.00 bits per heavy atom. The van der Waals surface area contributed by atoms with Gasteiger partial charge in [0.1, 0.15) is 0 Å². The number of allylic oxidation sites excluding steroid dienone is 2. The van der Waals surface area contributed by atoms with Gasteiger partial charge in [-0.3, -0.25) is 4.99 Å². The molecule has 1 aliphatic heterocycles. The summed E-state index contributed by atoms with van der Waals surface area (Å²) in [5.41, 5.74) is 2.54. The first-order chi connectivity index (χ1) is 7.43. The van der Waals surface area contributed by atoms with Crippen LogP contribution >= 0.6 is 0 Å². The Morgan fingerprint density at radius 1 is 1.13 bits per heavy atom. The minimum atomic E-state index is 0.289. The van der Waals surface area contributed by atoms with Crippen molar-refractivity contribution in [1.29, 1.82) is 0 Å². The Balaban J connectivity index is 1.93. The number of benzene rings is 1. The average Bonchev–Trinajstić information content (AvgIpc) is 2.77. The summed E-state index contributed by atoms with van der Waals surface area (Å²) in [5.74, 6) is 0. The third-order valence-corrected chi connectivity index (χ3v) is 2.82. The van der Waals surface area contributed by atoms with Crippen LogP contribution in [0.5, 0.6) is 0 Å². The molecule has 1 aromatic carbocycles. The van der Waals surface area contributed by atoms with Gasteiger partial charge in [0, 0.05) is 0 Å². The van der Waals surface area contributed by atoms with Crippen LogP contribution in [-0.4, -0.2) is 18.4 Å². The normalized spacial score (nSPS) is 27.1. The zero-order valence-corrected chi connectivity index (χ0v) is 8.30. The molecule has 2 aliphatic rings. The molecule has 1 heterocycles. The second-order valence-corrected chi connectivity index (χ2v) is 3.81. The van der Waals surface area contributed by atoms with Crippen molar-refractivity contribution in [2.24, 2.45) is 4.99 Å². The Kier molecular flexibility index (Phi) is 1.91. The number of fused-ring (bicyclic) bond motifs is 1. The molecule has 2 unspecified atom stereocenters. The summed E-state index contributed by atoms with van der Waals surface area (Å²) in [7, 11) is 0. The number of nitrogens with one attached hydrogen (secondary N) is 1. The van der Waals surface area contributed by atoms with Crippen LogP contribution in [0.4, 0.5) is 0 Å². The zero-order valence-electron chi connectivity index (χ0n) is 8.30. The van der Waals surface area contributed by atoms with E-state index in [1.54, 1.807) is 6.34 Å². The van der Waals surface area contributed by atoms with Crippen LogP contribution in [0.1, 0.15) is 5.56 Å². The molecule has 0 saturated heterocycles. The fraction of sp³-hybridized carbons (Fsp3) is 0.154. The van der Waals surface area contributed by atoms with Crippen molar-refractivity contribution in [3.8, 4) is 0 Å². The molecular formula is C13H12N2. The monoisotopic (exact) mass is 196 g/mol. The van der Waals surface area contributed by atoms with Crippen LogP contribution in [0, 0.1) is 0 Å². The highest BCUT2D eigenvalue weighted by Crippen LogP contribution is 2.23. The molecule has 1 aliphatic carbocycles.